The highest BCUT2D eigenvalue weighted by molar-refractivity contribution is 5.75. The first-order chi connectivity index (χ1) is 7.31. The number of likely N-dealkylation sites (tertiary alicyclic amines) is 2. The minimum Gasteiger partial charge on any atom is -0.396 e. The first-order valence-electron chi connectivity index (χ1n) is 5.96. The summed E-state index contributed by atoms with van der Waals surface area (Å²) < 4.78 is 0. The summed E-state index contributed by atoms with van der Waals surface area (Å²) in [5.74, 6) is 0.515. The van der Waals surface area contributed by atoms with Crippen LogP contribution >= 0.6 is 0 Å². The number of carbonyl (C=O) groups excluding carboxylic acids is 1. The van der Waals surface area contributed by atoms with Crippen molar-refractivity contribution in [3.63, 3.8) is 0 Å². The molecule has 0 aromatic rings. The maximum absolute atomic E-state index is 12.0. The SMILES string of the molecule is O=C(N1CCCC1)N1CCC(CCO)C1. The van der Waals surface area contributed by atoms with Gasteiger partial charge in [0.1, 0.15) is 0 Å². The molecule has 0 aromatic heterocycles. The Hall–Kier alpha value is -0.770. The highest BCUT2D eigenvalue weighted by Gasteiger charge is 2.29. The molecular formula is C11H20N2O2. The summed E-state index contributed by atoms with van der Waals surface area (Å²) in [7, 11) is 0. The number of carbonyl (C=O) groups is 1. The van der Waals surface area contributed by atoms with Gasteiger partial charge in [-0.3, -0.25) is 0 Å². The van der Waals surface area contributed by atoms with E-state index in [0.717, 1.165) is 51.9 Å². The monoisotopic (exact) mass is 212 g/mol. The van der Waals surface area contributed by atoms with Crippen LogP contribution in [0.15, 0.2) is 0 Å². The van der Waals surface area contributed by atoms with Crippen molar-refractivity contribution in [1.82, 2.24) is 9.80 Å². The summed E-state index contributed by atoms with van der Waals surface area (Å²) in [6.45, 7) is 3.83. The van der Waals surface area contributed by atoms with Crippen molar-refractivity contribution >= 4 is 6.03 Å². The normalized spacial score (nSPS) is 26.3. The van der Waals surface area contributed by atoms with Crippen LogP contribution in [0, 0.1) is 5.92 Å². The minimum atomic E-state index is 0.216. The maximum Gasteiger partial charge on any atom is 0.320 e. The molecule has 0 radical (unpaired) electrons. The number of hydrogen-bond donors (Lipinski definition) is 1. The van der Waals surface area contributed by atoms with Gasteiger partial charge in [0.25, 0.3) is 0 Å². The van der Waals surface area contributed by atoms with E-state index < -0.39 is 0 Å². The van der Waals surface area contributed by atoms with Crippen molar-refractivity contribution < 1.29 is 9.90 Å². The number of rotatable bonds is 2. The Morgan fingerprint density at radius 2 is 1.93 bits per heavy atom. The Morgan fingerprint density at radius 1 is 1.20 bits per heavy atom. The molecule has 4 nitrogen and oxygen atoms in total. The second-order valence-corrected chi connectivity index (χ2v) is 4.59. The predicted molar refractivity (Wildman–Crippen MR) is 57.6 cm³/mol. The number of amides is 2. The first-order valence-corrected chi connectivity index (χ1v) is 5.96. The van der Waals surface area contributed by atoms with E-state index >= 15 is 0 Å². The van der Waals surface area contributed by atoms with Crippen molar-refractivity contribution in [2.75, 3.05) is 32.8 Å². The van der Waals surface area contributed by atoms with Gasteiger partial charge in [-0.05, 0) is 31.6 Å². The first kappa shape index (κ1) is 10.7. The molecule has 2 aliphatic rings. The lowest BCUT2D eigenvalue weighted by Gasteiger charge is -2.23. The lowest BCUT2D eigenvalue weighted by atomic mass is 10.1. The van der Waals surface area contributed by atoms with E-state index in [0.29, 0.717) is 5.92 Å². The largest absolute Gasteiger partial charge is 0.396 e. The third-order valence-electron chi connectivity index (χ3n) is 3.47. The summed E-state index contributed by atoms with van der Waals surface area (Å²) in [4.78, 5) is 15.9. The van der Waals surface area contributed by atoms with E-state index in [1.165, 1.54) is 0 Å². The fourth-order valence-corrected chi connectivity index (χ4v) is 2.53. The quantitative estimate of drug-likeness (QED) is 0.739. The van der Waals surface area contributed by atoms with Crippen molar-refractivity contribution in [1.29, 1.82) is 0 Å². The third kappa shape index (κ3) is 2.43. The highest BCUT2D eigenvalue weighted by Crippen LogP contribution is 2.21. The van der Waals surface area contributed by atoms with Crippen LogP contribution in [-0.4, -0.2) is 53.7 Å². The van der Waals surface area contributed by atoms with Gasteiger partial charge in [0.15, 0.2) is 0 Å². The fraction of sp³-hybridized carbons (Fsp3) is 0.909. The molecule has 0 aliphatic carbocycles. The summed E-state index contributed by atoms with van der Waals surface area (Å²) >= 11 is 0. The zero-order valence-corrected chi connectivity index (χ0v) is 9.19. The molecule has 1 N–H and O–H groups in total. The lowest BCUT2D eigenvalue weighted by molar-refractivity contribution is 0.169. The molecule has 2 heterocycles. The van der Waals surface area contributed by atoms with Gasteiger partial charge in [-0.15, -0.1) is 0 Å². The average molecular weight is 212 g/mol. The van der Waals surface area contributed by atoms with E-state index in [2.05, 4.69) is 0 Å². The Kier molecular flexibility index (Phi) is 3.46. The topological polar surface area (TPSA) is 43.8 Å². The van der Waals surface area contributed by atoms with Gasteiger partial charge in [-0.25, -0.2) is 4.79 Å². The Bertz CT molecular complexity index is 227. The lowest BCUT2D eigenvalue weighted by Crippen LogP contribution is -2.40. The number of aliphatic hydroxyl groups excluding tert-OH is 1. The van der Waals surface area contributed by atoms with Crippen LogP contribution in [0.4, 0.5) is 4.79 Å². The van der Waals surface area contributed by atoms with E-state index in [9.17, 15) is 4.79 Å². The molecule has 2 rings (SSSR count). The average Bonchev–Trinajstić information content (AvgIpc) is 2.87. The molecule has 2 aliphatic heterocycles. The van der Waals surface area contributed by atoms with E-state index in [1.807, 2.05) is 9.80 Å². The van der Waals surface area contributed by atoms with Crippen LogP contribution < -0.4 is 0 Å². The summed E-state index contributed by atoms with van der Waals surface area (Å²) in [5, 5.41) is 8.85. The maximum atomic E-state index is 12.0. The van der Waals surface area contributed by atoms with Crippen LogP contribution in [0.3, 0.4) is 0 Å². The molecule has 2 amide bonds. The fourth-order valence-electron chi connectivity index (χ4n) is 2.53. The number of hydrogen-bond acceptors (Lipinski definition) is 2. The van der Waals surface area contributed by atoms with E-state index in [4.69, 9.17) is 5.11 Å². The summed E-state index contributed by atoms with van der Waals surface area (Å²) in [5.41, 5.74) is 0. The minimum absolute atomic E-state index is 0.216. The molecule has 86 valence electrons. The predicted octanol–water partition coefficient (Wildman–Crippen LogP) is 0.907. The zero-order chi connectivity index (χ0) is 10.7. The molecule has 2 fully saturated rings. The molecule has 0 saturated carbocycles. The molecule has 0 spiro atoms. The molecule has 0 bridgehead atoms. The number of nitrogens with zero attached hydrogens (tertiary/aromatic N) is 2. The second kappa shape index (κ2) is 4.84. The number of urea groups is 1. The summed E-state index contributed by atoms with van der Waals surface area (Å²) in [6.07, 6.45) is 4.20. The molecule has 2 saturated heterocycles. The van der Waals surface area contributed by atoms with E-state index in [-0.39, 0.29) is 12.6 Å². The van der Waals surface area contributed by atoms with Gasteiger partial charge in [0, 0.05) is 32.8 Å². The molecule has 15 heavy (non-hydrogen) atoms. The highest BCUT2D eigenvalue weighted by atomic mass is 16.3. The van der Waals surface area contributed by atoms with Crippen LogP contribution in [0.5, 0.6) is 0 Å². The Morgan fingerprint density at radius 3 is 2.60 bits per heavy atom. The van der Waals surface area contributed by atoms with Crippen molar-refractivity contribution in [2.45, 2.75) is 25.7 Å². The van der Waals surface area contributed by atoms with Gasteiger partial charge in [0.2, 0.25) is 0 Å². The Balaban J connectivity index is 1.81. The van der Waals surface area contributed by atoms with E-state index in [1.54, 1.807) is 0 Å². The Labute approximate surface area is 90.9 Å². The third-order valence-corrected chi connectivity index (χ3v) is 3.47. The van der Waals surface area contributed by atoms with Crippen molar-refractivity contribution in [3.05, 3.63) is 0 Å². The van der Waals surface area contributed by atoms with Crippen LogP contribution in [0.1, 0.15) is 25.7 Å². The van der Waals surface area contributed by atoms with Gasteiger partial charge < -0.3 is 14.9 Å². The van der Waals surface area contributed by atoms with Crippen LogP contribution in [0.25, 0.3) is 0 Å². The van der Waals surface area contributed by atoms with Crippen molar-refractivity contribution in [2.24, 2.45) is 5.92 Å². The molecule has 4 heteroatoms. The second-order valence-electron chi connectivity index (χ2n) is 4.59. The number of aliphatic hydroxyl groups is 1. The zero-order valence-electron chi connectivity index (χ0n) is 9.19. The van der Waals surface area contributed by atoms with Gasteiger partial charge in [-0.1, -0.05) is 0 Å². The van der Waals surface area contributed by atoms with Crippen molar-refractivity contribution in [3.8, 4) is 0 Å². The molecule has 0 aromatic carbocycles. The van der Waals surface area contributed by atoms with Crippen LogP contribution in [0.2, 0.25) is 0 Å². The molecule has 1 atom stereocenters. The van der Waals surface area contributed by atoms with Crippen LogP contribution in [-0.2, 0) is 0 Å². The van der Waals surface area contributed by atoms with Gasteiger partial charge >= 0.3 is 6.03 Å². The molecular weight excluding hydrogens is 192 g/mol. The standard InChI is InChI=1S/C11H20N2O2/c14-8-4-10-3-7-13(9-10)11(15)12-5-1-2-6-12/h10,14H,1-9H2. The summed E-state index contributed by atoms with van der Waals surface area (Å²) in [6, 6.07) is 0.216. The molecule has 1 unspecified atom stereocenters. The van der Waals surface area contributed by atoms with Gasteiger partial charge in [-0.2, -0.15) is 0 Å². The smallest absolute Gasteiger partial charge is 0.320 e. The van der Waals surface area contributed by atoms with Gasteiger partial charge in [0.05, 0.1) is 0 Å².